The van der Waals surface area contributed by atoms with Crippen LogP contribution in [0.4, 0.5) is 0 Å². The van der Waals surface area contributed by atoms with Gasteiger partial charge in [0.1, 0.15) is 7.11 Å². The number of ether oxygens (including phenoxy) is 1. The molecule has 1 radical (unpaired) electrons. The Morgan fingerprint density at radius 2 is 1.50 bits per heavy atom. The molecule has 83 valence electrons. The van der Waals surface area contributed by atoms with Gasteiger partial charge in [-0.25, -0.2) is 0 Å². The molecule has 0 aliphatic heterocycles. The Morgan fingerprint density at radius 1 is 0.929 bits per heavy atom. The summed E-state index contributed by atoms with van der Waals surface area (Å²) in [6.07, 6.45) is 15.9. The van der Waals surface area contributed by atoms with Crippen LogP contribution >= 0.6 is 0 Å². The Hall–Kier alpha value is -0.460. The van der Waals surface area contributed by atoms with Gasteiger partial charge in [0.2, 0.25) is 0 Å². The zero-order chi connectivity index (χ0) is 10.5. The van der Waals surface area contributed by atoms with Crippen molar-refractivity contribution in [2.75, 3.05) is 0 Å². The summed E-state index contributed by atoms with van der Waals surface area (Å²) >= 11 is 0. The fourth-order valence-corrected chi connectivity index (χ4v) is 1.53. The molecule has 0 aromatic rings. The van der Waals surface area contributed by atoms with Crippen molar-refractivity contribution in [2.24, 2.45) is 0 Å². The van der Waals surface area contributed by atoms with Crippen LogP contribution in [0.15, 0.2) is 12.3 Å². The third kappa shape index (κ3) is 11.5. The molecule has 0 bridgehead atoms. The Kier molecular flexibility index (Phi) is 12.1. The third-order valence-corrected chi connectivity index (χ3v) is 2.42. The lowest BCUT2D eigenvalue weighted by Gasteiger charge is -1.99. The van der Waals surface area contributed by atoms with Gasteiger partial charge in [0.05, 0.1) is 6.26 Å². The highest BCUT2D eigenvalue weighted by Crippen LogP contribution is 2.09. The summed E-state index contributed by atoms with van der Waals surface area (Å²) in [5, 5.41) is 0. The predicted octanol–water partition coefficient (Wildman–Crippen LogP) is 4.84. The number of unbranched alkanes of at least 4 members (excludes halogenated alkanes) is 8. The Balaban J connectivity index is 2.88. The maximum Gasteiger partial charge on any atom is 0.121 e. The number of allylic oxidation sites excluding steroid dienone is 1. The zero-order valence-corrected chi connectivity index (χ0v) is 9.63. The molecule has 0 N–H and O–H groups in total. The quantitative estimate of drug-likeness (QED) is 0.360. The van der Waals surface area contributed by atoms with Gasteiger partial charge in [-0.15, -0.1) is 0 Å². The van der Waals surface area contributed by atoms with Crippen LogP contribution in [-0.4, -0.2) is 0 Å². The first kappa shape index (κ1) is 13.5. The lowest BCUT2D eigenvalue weighted by molar-refractivity contribution is 0.391. The van der Waals surface area contributed by atoms with Crippen LogP contribution in [0.2, 0.25) is 0 Å². The molecule has 0 amide bonds. The second-order valence-corrected chi connectivity index (χ2v) is 3.80. The Labute approximate surface area is 89.5 Å². The molecule has 0 aliphatic carbocycles. The fraction of sp³-hybridized carbons (Fsp3) is 0.769. The average molecular weight is 197 g/mol. The van der Waals surface area contributed by atoms with Crippen LogP contribution in [0, 0.1) is 7.11 Å². The molecule has 0 rings (SSSR count). The number of hydrogen-bond acceptors (Lipinski definition) is 1. The van der Waals surface area contributed by atoms with E-state index in [1.165, 1.54) is 51.4 Å². The first-order valence-corrected chi connectivity index (χ1v) is 5.97. The van der Waals surface area contributed by atoms with Crippen LogP contribution < -0.4 is 0 Å². The maximum atomic E-state index is 4.58. The van der Waals surface area contributed by atoms with E-state index in [2.05, 4.69) is 18.8 Å². The lowest BCUT2D eigenvalue weighted by atomic mass is 10.1. The van der Waals surface area contributed by atoms with Crippen molar-refractivity contribution in [2.45, 2.75) is 64.7 Å². The molecule has 0 heterocycles. The van der Waals surface area contributed by atoms with Gasteiger partial charge in [0, 0.05) is 0 Å². The molecule has 0 saturated carbocycles. The van der Waals surface area contributed by atoms with Gasteiger partial charge in [-0.3, -0.25) is 0 Å². The summed E-state index contributed by atoms with van der Waals surface area (Å²) in [6.45, 7) is 2.26. The van der Waals surface area contributed by atoms with Crippen molar-refractivity contribution >= 4 is 0 Å². The van der Waals surface area contributed by atoms with E-state index in [0.717, 1.165) is 6.42 Å². The Bertz CT molecular complexity index is 118. The van der Waals surface area contributed by atoms with Crippen molar-refractivity contribution in [3.63, 3.8) is 0 Å². The largest absolute Gasteiger partial charge is 0.498 e. The van der Waals surface area contributed by atoms with E-state index in [4.69, 9.17) is 0 Å². The second-order valence-electron chi connectivity index (χ2n) is 3.80. The average Bonchev–Trinajstić information content (AvgIpc) is 2.21. The van der Waals surface area contributed by atoms with Gasteiger partial charge in [-0.2, -0.15) is 0 Å². The summed E-state index contributed by atoms with van der Waals surface area (Å²) < 4.78 is 4.58. The highest BCUT2D eigenvalue weighted by Gasteiger charge is 1.89. The minimum absolute atomic E-state index is 1.13. The molecule has 0 unspecified atom stereocenters. The van der Waals surface area contributed by atoms with Crippen LogP contribution in [0.25, 0.3) is 0 Å². The molecule has 0 atom stereocenters. The van der Waals surface area contributed by atoms with Crippen molar-refractivity contribution in [1.82, 2.24) is 0 Å². The van der Waals surface area contributed by atoms with Gasteiger partial charge in [-0.1, -0.05) is 51.9 Å². The van der Waals surface area contributed by atoms with Gasteiger partial charge in [0.25, 0.3) is 0 Å². The summed E-state index contributed by atoms with van der Waals surface area (Å²) in [4.78, 5) is 0. The SMILES string of the molecule is [CH2]O/C=C/CCCCCCCCCC. The van der Waals surface area contributed by atoms with E-state index in [1.807, 2.05) is 6.08 Å². The van der Waals surface area contributed by atoms with Gasteiger partial charge >= 0.3 is 0 Å². The summed E-state index contributed by atoms with van der Waals surface area (Å²) in [5.41, 5.74) is 0. The summed E-state index contributed by atoms with van der Waals surface area (Å²) in [6, 6.07) is 0. The third-order valence-electron chi connectivity index (χ3n) is 2.42. The van der Waals surface area contributed by atoms with Crippen molar-refractivity contribution in [3.8, 4) is 0 Å². The van der Waals surface area contributed by atoms with Gasteiger partial charge < -0.3 is 4.74 Å². The van der Waals surface area contributed by atoms with Crippen molar-refractivity contribution in [3.05, 3.63) is 19.4 Å². The van der Waals surface area contributed by atoms with Crippen molar-refractivity contribution < 1.29 is 4.74 Å². The highest BCUT2D eigenvalue weighted by molar-refractivity contribution is 4.72. The van der Waals surface area contributed by atoms with Crippen LogP contribution in [0.3, 0.4) is 0 Å². The smallest absolute Gasteiger partial charge is 0.121 e. The van der Waals surface area contributed by atoms with Crippen LogP contribution in [0.1, 0.15) is 64.7 Å². The molecule has 0 aliphatic rings. The zero-order valence-electron chi connectivity index (χ0n) is 9.63. The summed E-state index contributed by atoms with van der Waals surface area (Å²) in [7, 11) is 3.27. The minimum Gasteiger partial charge on any atom is -0.498 e. The first-order valence-electron chi connectivity index (χ1n) is 5.97. The first-order chi connectivity index (χ1) is 6.91. The molecule has 0 spiro atoms. The molecule has 0 aromatic heterocycles. The topological polar surface area (TPSA) is 9.23 Å². The normalized spacial score (nSPS) is 11.0. The number of rotatable bonds is 10. The maximum absolute atomic E-state index is 4.58. The van der Waals surface area contributed by atoms with E-state index < -0.39 is 0 Å². The minimum atomic E-state index is 1.13. The monoisotopic (exact) mass is 197 g/mol. The molecule has 0 aromatic carbocycles. The second kappa shape index (κ2) is 12.5. The predicted molar refractivity (Wildman–Crippen MR) is 62.8 cm³/mol. The molecule has 14 heavy (non-hydrogen) atoms. The highest BCUT2D eigenvalue weighted by atomic mass is 16.5. The van der Waals surface area contributed by atoms with Gasteiger partial charge in [0.15, 0.2) is 0 Å². The van der Waals surface area contributed by atoms with Crippen LogP contribution in [-0.2, 0) is 4.74 Å². The van der Waals surface area contributed by atoms with E-state index in [9.17, 15) is 0 Å². The molecule has 1 heteroatoms. The van der Waals surface area contributed by atoms with E-state index >= 15 is 0 Å². The van der Waals surface area contributed by atoms with E-state index in [1.54, 1.807) is 6.26 Å². The standard InChI is InChI=1S/C13H25O/c1-3-4-5-6-7-8-9-10-11-12-13-14-2/h12-13H,2-11H2,1H3/b13-12+. The molecule has 1 nitrogen and oxygen atoms in total. The molecule has 0 fully saturated rings. The van der Waals surface area contributed by atoms with Crippen molar-refractivity contribution in [1.29, 1.82) is 0 Å². The molecular formula is C13H25O. The molecule has 0 saturated heterocycles. The molecular weight excluding hydrogens is 172 g/mol. The lowest BCUT2D eigenvalue weighted by Crippen LogP contribution is -1.79. The van der Waals surface area contributed by atoms with Gasteiger partial charge in [-0.05, 0) is 18.9 Å². The summed E-state index contributed by atoms with van der Waals surface area (Å²) in [5.74, 6) is 0. The van der Waals surface area contributed by atoms with E-state index in [-0.39, 0.29) is 0 Å². The van der Waals surface area contributed by atoms with E-state index in [0.29, 0.717) is 0 Å². The fourth-order valence-electron chi connectivity index (χ4n) is 1.53. The Morgan fingerprint density at radius 3 is 2.07 bits per heavy atom. The van der Waals surface area contributed by atoms with Crippen LogP contribution in [0.5, 0.6) is 0 Å². The number of hydrogen-bond donors (Lipinski definition) is 0.